The molecule has 1 aromatic heterocycles. The minimum Gasteiger partial charge on any atom is -0.360 e. The lowest BCUT2D eigenvalue weighted by molar-refractivity contribution is -0.129. The zero-order valence-corrected chi connectivity index (χ0v) is 13.9. The molecular formula is C16H24N4O3. The first kappa shape index (κ1) is 16.0. The molecule has 0 spiro atoms. The molecule has 2 amide bonds. The SMILES string of the molecule is C[C@H]1CN(CC(=O)N(C)C)C[C@H]1NC(=O)c1cc(C2CC2)on1. The molecule has 1 aliphatic carbocycles. The van der Waals surface area contributed by atoms with Crippen molar-refractivity contribution in [2.75, 3.05) is 33.7 Å². The van der Waals surface area contributed by atoms with Gasteiger partial charge in [-0.1, -0.05) is 12.1 Å². The number of likely N-dealkylation sites (tertiary alicyclic amines) is 1. The van der Waals surface area contributed by atoms with Gasteiger partial charge in [-0.25, -0.2) is 0 Å². The van der Waals surface area contributed by atoms with Gasteiger partial charge < -0.3 is 14.7 Å². The standard InChI is InChI=1S/C16H24N4O3/c1-10-7-20(9-15(21)19(2)3)8-13(10)17-16(22)12-6-14(23-18-12)11-4-5-11/h6,10-11,13H,4-5,7-9H2,1-3H3,(H,17,22)/t10-,13+/m0/s1. The van der Waals surface area contributed by atoms with Crippen LogP contribution in [-0.4, -0.2) is 66.5 Å². The third-order valence-electron chi connectivity index (χ3n) is 4.60. The average molecular weight is 320 g/mol. The number of hydrogen-bond donors (Lipinski definition) is 1. The molecule has 2 atom stereocenters. The van der Waals surface area contributed by atoms with Crippen molar-refractivity contribution in [2.45, 2.75) is 31.7 Å². The minimum atomic E-state index is -0.196. The van der Waals surface area contributed by atoms with Crippen LogP contribution in [0.1, 0.15) is 41.9 Å². The Morgan fingerprint density at radius 1 is 1.39 bits per heavy atom. The zero-order valence-electron chi connectivity index (χ0n) is 13.9. The summed E-state index contributed by atoms with van der Waals surface area (Å²) in [6, 6.07) is 1.78. The smallest absolute Gasteiger partial charge is 0.273 e. The number of nitrogens with one attached hydrogen (secondary N) is 1. The predicted molar refractivity (Wildman–Crippen MR) is 84.0 cm³/mol. The fourth-order valence-electron chi connectivity index (χ4n) is 2.92. The Hall–Kier alpha value is -1.89. The van der Waals surface area contributed by atoms with Crippen molar-refractivity contribution in [3.63, 3.8) is 0 Å². The number of amides is 2. The van der Waals surface area contributed by atoms with Crippen molar-refractivity contribution in [3.8, 4) is 0 Å². The Labute approximate surface area is 136 Å². The summed E-state index contributed by atoms with van der Waals surface area (Å²) in [5.74, 6) is 1.44. The van der Waals surface area contributed by atoms with Crippen molar-refractivity contribution in [2.24, 2.45) is 5.92 Å². The van der Waals surface area contributed by atoms with E-state index < -0.39 is 0 Å². The molecule has 0 unspecified atom stereocenters. The molecule has 2 aliphatic rings. The Bertz CT molecular complexity index is 594. The first-order valence-electron chi connectivity index (χ1n) is 8.14. The van der Waals surface area contributed by atoms with Gasteiger partial charge in [0.2, 0.25) is 5.91 Å². The van der Waals surface area contributed by atoms with E-state index in [2.05, 4.69) is 22.3 Å². The van der Waals surface area contributed by atoms with Gasteiger partial charge in [0.05, 0.1) is 6.54 Å². The van der Waals surface area contributed by atoms with Crippen LogP contribution in [0.5, 0.6) is 0 Å². The highest BCUT2D eigenvalue weighted by atomic mass is 16.5. The summed E-state index contributed by atoms with van der Waals surface area (Å²) in [7, 11) is 3.51. The lowest BCUT2D eigenvalue weighted by Gasteiger charge is -2.18. The van der Waals surface area contributed by atoms with E-state index in [1.165, 1.54) is 0 Å². The van der Waals surface area contributed by atoms with E-state index in [0.717, 1.165) is 25.1 Å². The Balaban J connectivity index is 1.54. The number of rotatable bonds is 5. The van der Waals surface area contributed by atoms with E-state index in [0.29, 0.717) is 30.6 Å². The van der Waals surface area contributed by atoms with Crippen molar-refractivity contribution in [1.29, 1.82) is 0 Å². The maximum Gasteiger partial charge on any atom is 0.273 e. The molecule has 1 saturated carbocycles. The molecule has 2 fully saturated rings. The molecule has 1 aliphatic heterocycles. The number of likely N-dealkylation sites (N-methyl/N-ethyl adjacent to an activating group) is 1. The molecule has 0 bridgehead atoms. The second kappa shape index (κ2) is 6.31. The van der Waals surface area contributed by atoms with Gasteiger partial charge in [0.25, 0.3) is 5.91 Å². The van der Waals surface area contributed by atoms with E-state index in [4.69, 9.17) is 4.52 Å². The van der Waals surface area contributed by atoms with Gasteiger partial charge in [0.15, 0.2) is 5.69 Å². The van der Waals surface area contributed by atoms with E-state index in [1.807, 2.05) is 0 Å². The topological polar surface area (TPSA) is 78.7 Å². The van der Waals surface area contributed by atoms with Gasteiger partial charge in [-0.3, -0.25) is 14.5 Å². The van der Waals surface area contributed by atoms with Crippen LogP contribution in [0.3, 0.4) is 0 Å². The predicted octanol–water partition coefficient (Wildman–Crippen LogP) is 0.690. The number of carbonyl (C=O) groups is 2. The molecule has 7 nitrogen and oxygen atoms in total. The molecule has 3 rings (SSSR count). The van der Waals surface area contributed by atoms with Crippen LogP contribution in [0.4, 0.5) is 0 Å². The van der Waals surface area contributed by atoms with E-state index >= 15 is 0 Å². The van der Waals surface area contributed by atoms with E-state index in [-0.39, 0.29) is 17.9 Å². The summed E-state index contributed by atoms with van der Waals surface area (Å²) in [6.45, 7) is 3.96. The Morgan fingerprint density at radius 2 is 2.13 bits per heavy atom. The normalized spacial score (nSPS) is 24.7. The summed E-state index contributed by atoms with van der Waals surface area (Å²) >= 11 is 0. The lowest BCUT2D eigenvalue weighted by Crippen LogP contribution is -2.41. The van der Waals surface area contributed by atoms with E-state index in [1.54, 1.807) is 25.1 Å². The monoisotopic (exact) mass is 320 g/mol. The molecule has 126 valence electrons. The largest absolute Gasteiger partial charge is 0.360 e. The van der Waals surface area contributed by atoms with Crippen molar-refractivity contribution in [1.82, 2.24) is 20.3 Å². The summed E-state index contributed by atoms with van der Waals surface area (Å²) in [4.78, 5) is 27.8. The number of hydrogen-bond acceptors (Lipinski definition) is 5. The van der Waals surface area contributed by atoms with Gasteiger partial charge in [-0.05, 0) is 18.8 Å². The number of carbonyl (C=O) groups excluding carboxylic acids is 2. The fourth-order valence-corrected chi connectivity index (χ4v) is 2.92. The maximum absolute atomic E-state index is 12.3. The van der Waals surface area contributed by atoms with Crippen LogP contribution in [0.25, 0.3) is 0 Å². The highest BCUT2D eigenvalue weighted by molar-refractivity contribution is 5.92. The molecule has 23 heavy (non-hydrogen) atoms. The first-order chi connectivity index (χ1) is 10.9. The van der Waals surface area contributed by atoms with Crippen LogP contribution in [0, 0.1) is 5.92 Å². The number of nitrogens with zero attached hydrogens (tertiary/aromatic N) is 3. The Morgan fingerprint density at radius 3 is 2.78 bits per heavy atom. The molecule has 0 radical (unpaired) electrons. The van der Waals surface area contributed by atoms with Gasteiger partial charge in [-0.15, -0.1) is 0 Å². The van der Waals surface area contributed by atoms with Gasteiger partial charge >= 0.3 is 0 Å². The highest BCUT2D eigenvalue weighted by Crippen LogP contribution is 2.40. The fraction of sp³-hybridized carbons (Fsp3) is 0.688. The molecule has 1 N–H and O–H groups in total. The van der Waals surface area contributed by atoms with Crippen molar-refractivity contribution in [3.05, 3.63) is 17.5 Å². The van der Waals surface area contributed by atoms with Crippen LogP contribution in [0.15, 0.2) is 10.6 Å². The summed E-state index contributed by atoms with van der Waals surface area (Å²) in [6.07, 6.45) is 2.23. The molecule has 7 heteroatoms. The van der Waals surface area contributed by atoms with Gasteiger partial charge in [0.1, 0.15) is 5.76 Å². The second-order valence-corrected chi connectivity index (χ2v) is 6.93. The van der Waals surface area contributed by atoms with Crippen molar-refractivity contribution < 1.29 is 14.1 Å². The number of aromatic nitrogens is 1. The van der Waals surface area contributed by atoms with Crippen LogP contribution in [-0.2, 0) is 4.79 Å². The second-order valence-electron chi connectivity index (χ2n) is 6.93. The molecule has 2 heterocycles. The summed E-state index contributed by atoms with van der Waals surface area (Å²) < 4.78 is 5.23. The molecule has 1 saturated heterocycles. The minimum absolute atomic E-state index is 0.0264. The first-order valence-corrected chi connectivity index (χ1v) is 8.14. The van der Waals surface area contributed by atoms with E-state index in [9.17, 15) is 9.59 Å². The maximum atomic E-state index is 12.3. The van der Waals surface area contributed by atoms with Crippen LogP contribution in [0.2, 0.25) is 0 Å². The zero-order chi connectivity index (χ0) is 16.6. The summed E-state index contributed by atoms with van der Waals surface area (Å²) in [5, 5.41) is 6.90. The summed E-state index contributed by atoms with van der Waals surface area (Å²) in [5.41, 5.74) is 0.349. The third kappa shape index (κ3) is 3.72. The third-order valence-corrected chi connectivity index (χ3v) is 4.60. The van der Waals surface area contributed by atoms with Gasteiger partial charge in [-0.2, -0.15) is 0 Å². The lowest BCUT2D eigenvalue weighted by atomic mass is 10.1. The molecular weight excluding hydrogens is 296 g/mol. The highest BCUT2D eigenvalue weighted by Gasteiger charge is 2.33. The quantitative estimate of drug-likeness (QED) is 0.863. The van der Waals surface area contributed by atoms with Crippen LogP contribution < -0.4 is 5.32 Å². The van der Waals surface area contributed by atoms with Crippen LogP contribution >= 0.6 is 0 Å². The molecule has 1 aromatic rings. The Kier molecular flexibility index (Phi) is 4.39. The van der Waals surface area contributed by atoms with Crippen molar-refractivity contribution >= 4 is 11.8 Å². The molecule has 0 aromatic carbocycles. The average Bonchev–Trinajstić information content (AvgIpc) is 3.12. The van der Waals surface area contributed by atoms with Gasteiger partial charge in [0, 0.05) is 45.2 Å².